The molecule has 0 N–H and O–H groups in total. The zero-order chi connectivity index (χ0) is 12.4. The van der Waals surface area contributed by atoms with Crippen LogP contribution in [0.3, 0.4) is 0 Å². The highest BCUT2D eigenvalue weighted by atomic mass is 16.6. The summed E-state index contributed by atoms with van der Waals surface area (Å²) in [5.74, 6) is 0.0782. The fraction of sp³-hybridized carbons (Fsp3) is 0.0667. The van der Waals surface area contributed by atoms with E-state index in [0.29, 0.717) is 5.90 Å². The minimum atomic E-state index is -0.540. The van der Waals surface area contributed by atoms with E-state index in [-0.39, 0.29) is 5.97 Å². The minimum absolute atomic E-state index is 0.319. The molecular formula is C15H11NO2. The van der Waals surface area contributed by atoms with E-state index in [2.05, 4.69) is 4.99 Å². The highest BCUT2D eigenvalue weighted by Gasteiger charge is 2.30. The van der Waals surface area contributed by atoms with E-state index in [0.717, 1.165) is 11.1 Å². The molecule has 88 valence electrons. The summed E-state index contributed by atoms with van der Waals surface area (Å²) >= 11 is 0. The monoisotopic (exact) mass is 237 g/mol. The van der Waals surface area contributed by atoms with Crippen LogP contribution < -0.4 is 0 Å². The van der Waals surface area contributed by atoms with Crippen molar-refractivity contribution in [3.63, 3.8) is 0 Å². The van der Waals surface area contributed by atoms with Gasteiger partial charge in [-0.1, -0.05) is 48.5 Å². The zero-order valence-electron chi connectivity index (χ0n) is 9.61. The Labute approximate surface area is 105 Å². The molecule has 0 radical (unpaired) electrons. The third-order valence-corrected chi connectivity index (χ3v) is 2.80. The lowest BCUT2D eigenvalue weighted by atomic mass is 10.1. The van der Waals surface area contributed by atoms with Gasteiger partial charge in [-0.25, -0.2) is 9.79 Å². The zero-order valence-corrected chi connectivity index (χ0v) is 9.61. The van der Waals surface area contributed by atoms with Gasteiger partial charge in [-0.2, -0.15) is 0 Å². The highest BCUT2D eigenvalue weighted by Crippen LogP contribution is 2.26. The normalized spacial score (nSPS) is 18.3. The SMILES string of the molecule is O=C1OC(c2ccccc2)=NC1c1ccccc1. The maximum Gasteiger partial charge on any atom is 0.342 e. The molecule has 0 saturated heterocycles. The molecule has 0 amide bonds. The molecule has 0 fully saturated rings. The molecule has 1 aliphatic heterocycles. The van der Waals surface area contributed by atoms with E-state index < -0.39 is 6.04 Å². The van der Waals surface area contributed by atoms with E-state index in [9.17, 15) is 4.79 Å². The van der Waals surface area contributed by atoms with Crippen LogP contribution in [0.1, 0.15) is 17.2 Å². The topological polar surface area (TPSA) is 38.7 Å². The molecular weight excluding hydrogens is 226 g/mol. The Balaban J connectivity index is 1.95. The number of nitrogens with zero attached hydrogens (tertiary/aromatic N) is 1. The van der Waals surface area contributed by atoms with Gasteiger partial charge in [-0.3, -0.25) is 0 Å². The van der Waals surface area contributed by atoms with Crippen LogP contribution in [0, 0.1) is 0 Å². The average Bonchev–Trinajstić information content (AvgIpc) is 2.83. The van der Waals surface area contributed by atoms with Gasteiger partial charge in [0, 0.05) is 5.56 Å². The van der Waals surface area contributed by atoms with Crippen LogP contribution in [0.2, 0.25) is 0 Å². The largest absolute Gasteiger partial charge is 0.405 e. The van der Waals surface area contributed by atoms with E-state index in [1.54, 1.807) is 0 Å². The van der Waals surface area contributed by atoms with Crippen LogP contribution in [0.4, 0.5) is 0 Å². The summed E-state index contributed by atoms with van der Waals surface area (Å²) < 4.78 is 5.23. The van der Waals surface area contributed by atoms with Crippen LogP contribution in [0.25, 0.3) is 0 Å². The average molecular weight is 237 g/mol. The molecule has 3 heteroatoms. The lowest BCUT2D eigenvalue weighted by Gasteiger charge is -2.01. The summed E-state index contributed by atoms with van der Waals surface area (Å²) in [5, 5.41) is 0. The molecule has 0 aromatic heterocycles. The molecule has 2 aromatic rings. The van der Waals surface area contributed by atoms with Gasteiger partial charge in [-0.15, -0.1) is 0 Å². The van der Waals surface area contributed by atoms with E-state index in [1.165, 1.54) is 0 Å². The van der Waals surface area contributed by atoms with Crippen LogP contribution in [-0.2, 0) is 9.53 Å². The van der Waals surface area contributed by atoms with Gasteiger partial charge < -0.3 is 4.74 Å². The number of rotatable bonds is 2. The number of hydrogen-bond donors (Lipinski definition) is 0. The smallest absolute Gasteiger partial charge is 0.342 e. The summed E-state index contributed by atoms with van der Waals surface area (Å²) in [7, 11) is 0. The number of ether oxygens (including phenoxy) is 1. The Hall–Kier alpha value is -2.42. The molecule has 2 aromatic carbocycles. The Morgan fingerprint density at radius 3 is 2.17 bits per heavy atom. The number of cyclic esters (lactones) is 1. The first kappa shape index (κ1) is 10.7. The van der Waals surface area contributed by atoms with Gasteiger partial charge in [0.05, 0.1) is 0 Å². The predicted molar refractivity (Wildman–Crippen MR) is 68.3 cm³/mol. The number of esters is 1. The van der Waals surface area contributed by atoms with Crippen LogP contribution in [-0.4, -0.2) is 11.9 Å². The molecule has 1 heterocycles. The van der Waals surface area contributed by atoms with Crippen molar-refractivity contribution in [2.45, 2.75) is 6.04 Å². The van der Waals surface area contributed by atoms with Crippen LogP contribution in [0.15, 0.2) is 65.7 Å². The Kier molecular flexibility index (Phi) is 2.65. The maximum absolute atomic E-state index is 11.8. The molecule has 0 aliphatic carbocycles. The first-order valence-electron chi connectivity index (χ1n) is 5.74. The molecule has 1 unspecified atom stereocenters. The van der Waals surface area contributed by atoms with Gasteiger partial charge in [0.1, 0.15) is 0 Å². The second-order valence-corrected chi connectivity index (χ2v) is 4.03. The molecule has 0 spiro atoms. The van der Waals surface area contributed by atoms with Gasteiger partial charge >= 0.3 is 5.97 Å². The van der Waals surface area contributed by atoms with E-state index in [1.807, 2.05) is 60.7 Å². The van der Waals surface area contributed by atoms with Crippen LogP contribution in [0.5, 0.6) is 0 Å². The van der Waals surface area contributed by atoms with Crippen molar-refractivity contribution in [3.05, 3.63) is 71.8 Å². The van der Waals surface area contributed by atoms with Gasteiger partial charge in [0.15, 0.2) is 6.04 Å². The Morgan fingerprint density at radius 1 is 0.889 bits per heavy atom. The molecule has 3 nitrogen and oxygen atoms in total. The highest BCUT2D eigenvalue weighted by molar-refractivity contribution is 6.06. The fourth-order valence-electron chi connectivity index (χ4n) is 1.91. The standard InChI is InChI=1S/C15H11NO2/c17-15-13(11-7-3-1-4-8-11)16-14(18-15)12-9-5-2-6-10-12/h1-10,13H. The first-order valence-corrected chi connectivity index (χ1v) is 5.74. The van der Waals surface area contributed by atoms with Crippen molar-refractivity contribution in [2.24, 2.45) is 4.99 Å². The molecule has 0 bridgehead atoms. The lowest BCUT2D eigenvalue weighted by Crippen LogP contribution is -2.08. The number of carbonyl (C=O) groups is 1. The van der Waals surface area contributed by atoms with Crippen molar-refractivity contribution < 1.29 is 9.53 Å². The van der Waals surface area contributed by atoms with Crippen molar-refractivity contribution in [3.8, 4) is 0 Å². The quantitative estimate of drug-likeness (QED) is 0.753. The first-order chi connectivity index (χ1) is 8.84. The number of benzene rings is 2. The number of hydrogen-bond acceptors (Lipinski definition) is 3. The summed E-state index contributed by atoms with van der Waals surface area (Å²) in [6.07, 6.45) is 0. The van der Waals surface area contributed by atoms with E-state index in [4.69, 9.17) is 4.74 Å². The molecule has 1 atom stereocenters. The lowest BCUT2D eigenvalue weighted by molar-refractivity contribution is -0.135. The minimum Gasteiger partial charge on any atom is -0.405 e. The number of carbonyl (C=O) groups excluding carboxylic acids is 1. The third-order valence-electron chi connectivity index (χ3n) is 2.80. The van der Waals surface area contributed by atoms with Crippen molar-refractivity contribution in [1.29, 1.82) is 0 Å². The van der Waals surface area contributed by atoms with Gasteiger partial charge in [-0.05, 0) is 17.7 Å². The second-order valence-electron chi connectivity index (χ2n) is 4.03. The van der Waals surface area contributed by atoms with E-state index >= 15 is 0 Å². The molecule has 18 heavy (non-hydrogen) atoms. The predicted octanol–water partition coefficient (Wildman–Crippen LogP) is 2.73. The van der Waals surface area contributed by atoms with Crippen molar-refractivity contribution >= 4 is 11.9 Å². The summed E-state index contributed by atoms with van der Waals surface area (Å²) in [6, 6.07) is 18.3. The van der Waals surface area contributed by atoms with Gasteiger partial charge in [0.25, 0.3) is 0 Å². The Bertz CT molecular complexity index is 590. The van der Waals surface area contributed by atoms with Crippen molar-refractivity contribution in [1.82, 2.24) is 0 Å². The molecule has 3 rings (SSSR count). The summed E-state index contributed by atoms with van der Waals surface area (Å²) in [4.78, 5) is 16.2. The number of aliphatic imine (C=N–C) groups is 1. The Morgan fingerprint density at radius 2 is 1.50 bits per heavy atom. The fourth-order valence-corrected chi connectivity index (χ4v) is 1.91. The third kappa shape index (κ3) is 1.91. The second kappa shape index (κ2) is 4.45. The van der Waals surface area contributed by atoms with Gasteiger partial charge in [0.2, 0.25) is 5.90 Å². The summed E-state index contributed by atoms with van der Waals surface area (Å²) in [5.41, 5.74) is 1.68. The van der Waals surface area contributed by atoms with Crippen molar-refractivity contribution in [2.75, 3.05) is 0 Å². The molecule has 1 aliphatic rings. The summed E-state index contributed by atoms with van der Waals surface area (Å²) in [6.45, 7) is 0. The maximum atomic E-state index is 11.8. The molecule has 0 saturated carbocycles. The van der Waals surface area contributed by atoms with Crippen LogP contribution >= 0.6 is 0 Å².